The van der Waals surface area contributed by atoms with Gasteiger partial charge in [0.1, 0.15) is 11.8 Å². The largest absolute Gasteiger partial charge is 0.508 e. The number of ether oxygens (including phenoxy) is 1. The molecule has 0 spiro atoms. The number of amides is 2. The quantitative estimate of drug-likeness (QED) is 0.454. The Labute approximate surface area is 165 Å². The predicted octanol–water partition coefficient (Wildman–Crippen LogP) is 3.92. The molecule has 1 aliphatic rings. The van der Waals surface area contributed by atoms with Gasteiger partial charge in [0.25, 0.3) is 0 Å². The van der Waals surface area contributed by atoms with Crippen molar-refractivity contribution >= 4 is 46.6 Å². The SMILES string of the molecule is COC(=O)[C@H]1C[C@H](NC(=O)Nc2ccc(O)cc2)c2c(Cl)cc(Cl)cc2N1. The lowest BCUT2D eigenvalue weighted by molar-refractivity contribution is -0.141. The molecule has 3 rings (SSSR count). The molecule has 0 radical (unpaired) electrons. The van der Waals surface area contributed by atoms with E-state index in [1.165, 1.54) is 19.2 Å². The molecular formula is C18H17Cl2N3O4. The first-order chi connectivity index (χ1) is 12.9. The molecule has 0 saturated heterocycles. The number of nitrogens with one attached hydrogen (secondary N) is 3. The summed E-state index contributed by atoms with van der Waals surface area (Å²) in [4.78, 5) is 24.4. The van der Waals surface area contributed by atoms with E-state index in [0.717, 1.165) is 0 Å². The number of urea groups is 1. The van der Waals surface area contributed by atoms with Crippen LogP contribution < -0.4 is 16.0 Å². The number of halogens is 2. The standard InChI is InChI=1S/C18H17Cl2N3O4/c1-27-17(25)15-8-14(16-12(20)6-9(19)7-13(16)22-15)23-18(26)21-10-2-4-11(24)5-3-10/h2-7,14-15,22,24H,8H2,1H3,(H2,21,23,26)/t14-,15+/m0/s1. The second-order valence-corrected chi connectivity index (χ2v) is 6.85. The summed E-state index contributed by atoms with van der Waals surface area (Å²) in [6.07, 6.45) is 0.254. The summed E-state index contributed by atoms with van der Waals surface area (Å²) < 4.78 is 4.81. The average Bonchev–Trinajstić information content (AvgIpc) is 2.62. The number of esters is 1. The average molecular weight is 410 g/mol. The molecule has 0 saturated carbocycles. The fourth-order valence-electron chi connectivity index (χ4n) is 2.96. The van der Waals surface area contributed by atoms with E-state index >= 15 is 0 Å². The molecule has 27 heavy (non-hydrogen) atoms. The van der Waals surface area contributed by atoms with Gasteiger partial charge < -0.3 is 25.8 Å². The van der Waals surface area contributed by atoms with Crippen molar-refractivity contribution in [2.45, 2.75) is 18.5 Å². The minimum Gasteiger partial charge on any atom is -0.508 e. The van der Waals surface area contributed by atoms with Gasteiger partial charge in [0.2, 0.25) is 0 Å². The van der Waals surface area contributed by atoms with Crippen LogP contribution in [0.2, 0.25) is 10.0 Å². The van der Waals surface area contributed by atoms with E-state index in [1.54, 1.807) is 24.3 Å². The fraction of sp³-hybridized carbons (Fsp3) is 0.222. The summed E-state index contributed by atoms with van der Waals surface area (Å²) in [7, 11) is 1.30. The van der Waals surface area contributed by atoms with Gasteiger partial charge in [-0.1, -0.05) is 23.2 Å². The van der Waals surface area contributed by atoms with Gasteiger partial charge in [-0.2, -0.15) is 0 Å². The summed E-state index contributed by atoms with van der Waals surface area (Å²) in [5, 5.41) is 18.6. The van der Waals surface area contributed by atoms with Crippen LogP contribution in [-0.2, 0) is 9.53 Å². The minimum atomic E-state index is -0.656. The maximum absolute atomic E-state index is 12.4. The van der Waals surface area contributed by atoms with Crippen LogP contribution in [0.5, 0.6) is 5.75 Å². The molecule has 2 atom stereocenters. The Balaban J connectivity index is 1.83. The van der Waals surface area contributed by atoms with Crippen molar-refractivity contribution in [1.29, 1.82) is 0 Å². The minimum absolute atomic E-state index is 0.0952. The first kappa shape index (κ1) is 19.1. The van der Waals surface area contributed by atoms with Crippen molar-refractivity contribution < 1.29 is 19.4 Å². The van der Waals surface area contributed by atoms with Crippen LogP contribution in [0.3, 0.4) is 0 Å². The number of benzene rings is 2. The Bertz CT molecular complexity index is 874. The highest BCUT2D eigenvalue weighted by Gasteiger charge is 2.34. The number of rotatable bonds is 3. The van der Waals surface area contributed by atoms with E-state index in [-0.39, 0.29) is 12.2 Å². The molecule has 2 aromatic carbocycles. The number of carbonyl (C=O) groups is 2. The van der Waals surface area contributed by atoms with E-state index in [1.807, 2.05) is 0 Å². The van der Waals surface area contributed by atoms with E-state index in [4.69, 9.17) is 27.9 Å². The zero-order chi connectivity index (χ0) is 19.6. The van der Waals surface area contributed by atoms with Gasteiger partial charge in [0.05, 0.1) is 13.2 Å². The number of aromatic hydroxyl groups is 1. The first-order valence-corrected chi connectivity index (χ1v) is 8.83. The van der Waals surface area contributed by atoms with Crippen LogP contribution in [-0.4, -0.2) is 30.3 Å². The third kappa shape index (κ3) is 4.37. The van der Waals surface area contributed by atoms with Crippen LogP contribution in [0.1, 0.15) is 18.0 Å². The number of hydrogen-bond donors (Lipinski definition) is 4. The molecule has 7 nitrogen and oxygen atoms in total. The zero-order valence-corrected chi connectivity index (χ0v) is 15.8. The smallest absolute Gasteiger partial charge is 0.328 e. The molecule has 9 heteroatoms. The first-order valence-electron chi connectivity index (χ1n) is 8.07. The maximum atomic E-state index is 12.4. The maximum Gasteiger partial charge on any atom is 0.328 e. The summed E-state index contributed by atoms with van der Waals surface area (Å²) in [6.45, 7) is 0. The zero-order valence-electron chi connectivity index (χ0n) is 14.3. The number of carbonyl (C=O) groups excluding carboxylic acids is 2. The molecule has 0 aromatic heterocycles. The van der Waals surface area contributed by atoms with Gasteiger partial charge in [-0.3, -0.25) is 0 Å². The molecule has 0 bridgehead atoms. The van der Waals surface area contributed by atoms with Crippen LogP contribution in [0.15, 0.2) is 36.4 Å². The van der Waals surface area contributed by atoms with Crippen molar-refractivity contribution in [3.05, 3.63) is 52.0 Å². The van der Waals surface area contributed by atoms with Crippen LogP contribution in [0.25, 0.3) is 0 Å². The van der Waals surface area contributed by atoms with Crippen molar-refractivity contribution in [3.8, 4) is 5.75 Å². The number of hydrogen-bond acceptors (Lipinski definition) is 5. The van der Waals surface area contributed by atoms with Gasteiger partial charge in [-0.25, -0.2) is 9.59 Å². The Kier molecular flexibility index (Phi) is 5.62. The number of phenolic OH excluding ortho intramolecular Hbond substituents is 1. The topological polar surface area (TPSA) is 99.7 Å². The normalized spacial score (nSPS) is 18.0. The van der Waals surface area contributed by atoms with E-state index < -0.39 is 24.1 Å². The Morgan fingerprint density at radius 2 is 1.93 bits per heavy atom. The molecule has 0 fully saturated rings. The monoisotopic (exact) mass is 409 g/mol. The van der Waals surface area contributed by atoms with Gasteiger partial charge in [0.15, 0.2) is 0 Å². The van der Waals surface area contributed by atoms with Gasteiger partial charge in [-0.15, -0.1) is 0 Å². The van der Waals surface area contributed by atoms with Crippen molar-refractivity contribution in [2.75, 3.05) is 17.7 Å². The molecule has 4 N–H and O–H groups in total. The summed E-state index contributed by atoms with van der Waals surface area (Å²) in [5.41, 5.74) is 1.71. The lowest BCUT2D eigenvalue weighted by atomic mass is 9.92. The third-order valence-electron chi connectivity index (χ3n) is 4.16. The lowest BCUT2D eigenvalue weighted by Gasteiger charge is -2.33. The molecule has 1 heterocycles. The number of fused-ring (bicyclic) bond motifs is 1. The van der Waals surface area contributed by atoms with Gasteiger partial charge in [0, 0.05) is 33.4 Å². The molecular weight excluding hydrogens is 393 g/mol. The molecule has 2 amide bonds. The Morgan fingerprint density at radius 3 is 2.59 bits per heavy atom. The van der Waals surface area contributed by atoms with E-state index in [2.05, 4.69) is 16.0 Å². The highest BCUT2D eigenvalue weighted by atomic mass is 35.5. The van der Waals surface area contributed by atoms with Crippen LogP contribution in [0, 0.1) is 0 Å². The summed E-state index contributed by atoms with van der Waals surface area (Å²) in [5.74, 6) is -0.361. The highest BCUT2D eigenvalue weighted by molar-refractivity contribution is 6.35. The summed E-state index contributed by atoms with van der Waals surface area (Å²) in [6, 6.07) is 7.60. The molecule has 1 aliphatic heterocycles. The lowest BCUT2D eigenvalue weighted by Crippen LogP contribution is -2.42. The van der Waals surface area contributed by atoms with Crippen molar-refractivity contribution in [2.24, 2.45) is 0 Å². The second kappa shape index (κ2) is 7.94. The Morgan fingerprint density at radius 1 is 1.22 bits per heavy atom. The molecule has 0 aliphatic carbocycles. The second-order valence-electron chi connectivity index (χ2n) is 6.00. The Hall–Kier alpha value is -2.64. The number of phenols is 1. The number of anilines is 2. The van der Waals surface area contributed by atoms with E-state index in [9.17, 15) is 14.7 Å². The fourth-order valence-corrected chi connectivity index (χ4v) is 3.58. The van der Waals surface area contributed by atoms with Gasteiger partial charge >= 0.3 is 12.0 Å². The van der Waals surface area contributed by atoms with Crippen LogP contribution >= 0.6 is 23.2 Å². The van der Waals surface area contributed by atoms with Crippen LogP contribution in [0.4, 0.5) is 16.2 Å². The molecule has 0 unspecified atom stereocenters. The number of methoxy groups -OCH3 is 1. The molecule has 2 aromatic rings. The summed E-state index contributed by atoms with van der Waals surface area (Å²) >= 11 is 12.4. The highest BCUT2D eigenvalue weighted by Crippen LogP contribution is 2.40. The van der Waals surface area contributed by atoms with Crippen molar-refractivity contribution in [3.63, 3.8) is 0 Å². The molecule has 142 valence electrons. The van der Waals surface area contributed by atoms with Gasteiger partial charge in [-0.05, 0) is 36.4 Å². The predicted molar refractivity (Wildman–Crippen MR) is 104 cm³/mol. The van der Waals surface area contributed by atoms with E-state index in [0.29, 0.717) is 27.0 Å². The third-order valence-corrected chi connectivity index (χ3v) is 4.69. The van der Waals surface area contributed by atoms with Crippen molar-refractivity contribution in [1.82, 2.24) is 5.32 Å².